The predicted molar refractivity (Wildman–Crippen MR) is 127 cm³/mol. The second kappa shape index (κ2) is 9.06. The smallest absolute Gasteiger partial charge is 0.227 e. The fourth-order valence-electron chi connectivity index (χ4n) is 4.59. The Kier molecular flexibility index (Phi) is 6.13. The van der Waals surface area contributed by atoms with Gasteiger partial charge in [-0.3, -0.25) is 9.00 Å². The minimum atomic E-state index is -1.12. The van der Waals surface area contributed by atoms with Crippen LogP contribution in [0.2, 0.25) is 5.02 Å². The van der Waals surface area contributed by atoms with Crippen LogP contribution in [0.25, 0.3) is 0 Å². The van der Waals surface area contributed by atoms with E-state index < -0.39 is 16.6 Å². The highest BCUT2D eigenvalue weighted by Crippen LogP contribution is 2.32. The van der Waals surface area contributed by atoms with Gasteiger partial charge in [0, 0.05) is 70.1 Å². The number of likely N-dealkylation sites (tertiary alicyclic amines) is 1. The first-order valence-electron chi connectivity index (χ1n) is 11.1. The fourth-order valence-corrected chi connectivity index (χ4v) is 6.02. The SMILES string of the molecule is CN1C[C@@H](Nc2nc(N3CCN(c4ccc(Cl)c(F)c4)CC3)nc3c2S(=O)CC3)CCC1=O. The molecule has 0 saturated carbocycles. The van der Waals surface area contributed by atoms with Crippen molar-refractivity contribution in [3.05, 3.63) is 34.7 Å². The molecule has 1 amide bonds. The van der Waals surface area contributed by atoms with Gasteiger partial charge in [-0.2, -0.15) is 4.98 Å². The Morgan fingerprint density at radius 3 is 2.64 bits per heavy atom. The molecule has 0 bridgehead atoms. The van der Waals surface area contributed by atoms with Crippen molar-refractivity contribution < 1.29 is 13.4 Å². The van der Waals surface area contributed by atoms with E-state index in [1.54, 1.807) is 18.0 Å². The minimum Gasteiger partial charge on any atom is -0.368 e. The molecule has 3 aliphatic heterocycles. The van der Waals surface area contributed by atoms with Crippen molar-refractivity contribution in [1.29, 1.82) is 0 Å². The summed E-state index contributed by atoms with van der Waals surface area (Å²) < 4.78 is 26.5. The number of likely N-dealkylation sites (N-methyl/N-ethyl adjacent to an activating group) is 1. The van der Waals surface area contributed by atoms with Gasteiger partial charge in [-0.1, -0.05) is 11.6 Å². The van der Waals surface area contributed by atoms with E-state index in [-0.39, 0.29) is 17.0 Å². The van der Waals surface area contributed by atoms with E-state index in [1.807, 2.05) is 6.07 Å². The topological polar surface area (TPSA) is 81.7 Å². The van der Waals surface area contributed by atoms with Crippen molar-refractivity contribution in [1.82, 2.24) is 14.9 Å². The zero-order valence-corrected chi connectivity index (χ0v) is 20.0. The molecule has 4 heterocycles. The summed E-state index contributed by atoms with van der Waals surface area (Å²) in [5.41, 5.74) is 1.64. The van der Waals surface area contributed by atoms with Gasteiger partial charge in [0.25, 0.3) is 0 Å². The van der Waals surface area contributed by atoms with Crippen molar-refractivity contribution in [2.75, 3.05) is 60.6 Å². The summed E-state index contributed by atoms with van der Waals surface area (Å²) in [5.74, 6) is 1.53. The highest BCUT2D eigenvalue weighted by atomic mass is 35.5. The Bertz CT molecular complexity index is 1110. The van der Waals surface area contributed by atoms with Gasteiger partial charge >= 0.3 is 0 Å². The van der Waals surface area contributed by atoms with Crippen molar-refractivity contribution in [3.63, 3.8) is 0 Å². The van der Waals surface area contributed by atoms with Gasteiger partial charge < -0.3 is 20.0 Å². The van der Waals surface area contributed by atoms with Crippen LogP contribution in [0.15, 0.2) is 23.1 Å². The number of piperazine rings is 1. The molecule has 2 aromatic rings. The lowest BCUT2D eigenvalue weighted by Gasteiger charge is -2.36. The molecule has 0 aliphatic carbocycles. The van der Waals surface area contributed by atoms with E-state index in [4.69, 9.17) is 21.6 Å². The minimum absolute atomic E-state index is 0.0637. The first-order valence-corrected chi connectivity index (χ1v) is 12.8. The number of fused-ring (bicyclic) bond motifs is 1. The van der Waals surface area contributed by atoms with Crippen LogP contribution >= 0.6 is 11.6 Å². The molecule has 1 aromatic heterocycles. The third-order valence-corrected chi connectivity index (χ3v) is 8.24. The van der Waals surface area contributed by atoms with Gasteiger partial charge in [0.05, 0.1) is 21.5 Å². The van der Waals surface area contributed by atoms with Crippen molar-refractivity contribution in [2.45, 2.75) is 30.2 Å². The van der Waals surface area contributed by atoms with Gasteiger partial charge in [-0.05, 0) is 24.6 Å². The Morgan fingerprint density at radius 2 is 1.91 bits per heavy atom. The number of anilines is 3. The molecule has 5 rings (SSSR count). The van der Waals surface area contributed by atoms with Crippen molar-refractivity contribution in [3.8, 4) is 0 Å². The number of hydrogen-bond acceptors (Lipinski definition) is 7. The number of nitrogens with one attached hydrogen (secondary N) is 1. The lowest BCUT2D eigenvalue weighted by Crippen LogP contribution is -2.47. The van der Waals surface area contributed by atoms with Crippen LogP contribution < -0.4 is 15.1 Å². The average molecular weight is 493 g/mol. The molecule has 176 valence electrons. The average Bonchev–Trinajstić information content (AvgIpc) is 3.19. The largest absolute Gasteiger partial charge is 0.368 e. The monoisotopic (exact) mass is 492 g/mol. The first kappa shape index (κ1) is 22.3. The van der Waals surface area contributed by atoms with Gasteiger partial charge in [0.15, 0.2) is 0 Å². The molecule has 0 radical (unpaired) electrons. The highest BCUT2D eigenvalue weighted by Gasteiger charge is 2.31. The number of nitrogens with zero attached hydrogens (tertiary/aromatic N) is 5. The maximum absolute atomic E-state index is 13.9. The van der Waals surface area contributed by atoms with Gasteiger partial charge in [-0.15, -0.1) is 0 Å². The molecule has 8 nitrogen and oxygen atoms in total. The molecule has 1 aromatic carbocycles. The van der Waals surface area contributed by atoms with E-state index in [2.05, 4.69) is 15.1 Å². The third-order valence-electron chi connectivity index (χ3n) is 6.47. The number of hydrogen-bond donors (Lipinski definition) is 1. The molecule has 1 unspecified atom stereocenters. The Morgan fingerprint density at radius 1 is 1.15 bits per heavy atom. The number of carbonyl (C=O) groups is 1. The molecular formula is C22H26ClFN6O2S. The fraction of sp³-hybridized carbons (Fsp3) is 0.500. The van der Waals surface area contributed by atoms with Crippen LogP contribution in [0, 0.1) is 5.82 Å². The van der Waals surface area contributed by atoms with Crippen LogP contribution in [0.3, 0.4) is 0 Å². The number of benzene rings is 1. The van der Waals surface area contributed by atoms with Crippen LogP contribution in [-0.4, -0.2) is 76.6 Å². The summed E-state index contributed by atoms with van der Waals surface area (Å²) in [6, 6.07) is 4.94. The number of rotatable bonds is 4. The molecule has 2 fully saturated rings. The summed E-state index contributed by atoms with van der Waals surface area (Å²) in [5, 5.41) is 3.58. The second-order valence-corrected chi connectivity index (χ2v) is 10.6. The summed E-state index contributed by atoms with van der Waals surface area (Å²) in [6.45, 7) is 3.37. The number of aryl methyl sites for hydroxylation is 1. The predicted octanol–water partition coefficient (Wildman–Crippen LogP) is 2.29. The molecular weight excluding hydrogens is 467 g/mol. The number of halogens is 2. The van der Waals surface area contributed by atoms with Crippen LogP contribution in [0.4, 0.5) is 21.8 Å². The summed E-state index contributed by atoms with van der Waals surface area (Å²) in [7, 11) is 0.683. The van der Waals surface area contributed by atoms with Crippen LogP contribution in [-0.2, 0) is 22.0 Å². The third kappa shape index (κ3) is 4.50. The molecule has 2 atom stereocenters. The van der Waals surface area contributed by atoms with E-state index >= 15 is 0 Å². The summed E-state index contributed by atoms with van der Waals surface area (Å²) in [4.78, 5) is 28.0. The zero-order valence-electron chi connectivity index (χ0n) is 18.4. The Hall–Kier alpha value is -2.46. The maximum atomic E-state index is 13.9. The van der Waals surface area contributed by atoms with E-state index in [9.17, 15) is 13.4 Å². The zero-order chi connectivity index (χ0) is 23.1. The first-order chi connectivity index (χ1) is 15.9. The van der Waals surface area contributed by atoms with Crippen molar-refractivity contribution in [2.24, 2.45) is 0 Å². The molecule has 1 N–H and O–H groups in total. The second-order valence-electron chi connectivity index (χ2n) is 8.67. The van der Waals surface area contributed by atoms with Gasteiger partial charge in [-0.25, -0.2) is 9.37 Å². The summed E-state index contributed by atoms with van der Waals surface area (Å²) >= 11 is 5.81. The molecule has 2 saturated heterocycles. The van der Waals surface area contributed by atoms with Crippen LogP contribution in [0.5, 0.6) is 0 Å². The van der Waals surface area contributed by atoms with Gasteiger partial charge in [0.2, 0.25) is 11.9 Å². The quantitative estimate of drug-likeness (QED) is 0.701. The summed E-state index contributed by atoms with van der Waals surface area (Å²) in [6.07, 6.45) is 1.88. The number of aromatic nitrogens is 2. The van der Waals surface area contributed by atoms with Crippen LogP contribution in [0.1, 0.15) is 18.5 Å². The van der Waals surface area contributed by atoms with E-state index in [1.165, 1.54) is 6.07 Å². The van der Waals surface area contributed by atoms with Crippen molar-refractivity contribution >= 4 is 45.8 Å². The molecule has 11 heteroatoms. The van der Waals surface area contributed by atoms with E-state index in [0.717, 1.165) is 17.8 Å². The number of carbonyl (C=O) groups excluding carboxylic acids is 1. The maximum Gasteiger partial charge on any atom is 0.227 e. The Labute approximate surface area is 199 Å². The normalized spacial score (nSPS) is 23.1. The lowest BCUT2D eigenvalue weighted by atomic mass is 10.1. The standard InChI is InChI=1S/C22H26ClFN6O2S/c1-28-13-14(2-5-19(28)31)25-21-20-18(6-11-33(20)32)26-22(27-21)30-9-7-29(8-10-30)15-3-4-16(23)17(24)12-15/h3-4,12,14H,2,5-11,13H2,1H3,(H,25,26,27)/t14-,33?/m0/s1. The van der Waals surface area contributed by atoms with E-state index in [0.29, 0.717) is 68.0 Å². The molecule has 3 aliphatic rings. The highest BCUT2D eigenvalue weighted by molar-refractivity contribution is 7.85. The molecule has 33 heavy (non-hydrogen) atoms. The van der Waals surface area contributed by atoms with Gasteiger partial charge in [0.1, 0.15) is 16.5 Å². The number of amides is 1. The molecule has 0 spiro atoms. The Balaban J connectivity index is 1.34. The number of piperidine rings is 1. The lowest BCUT2D eigenvalue weighted by molar-refractivity contribution is -0.132.